The highest BCUT2D eigenvalue weighted by molar-refractivity contribution is 6.31. The number of aliphatic hydroxyl groups is 1. The van der Waals surface area contributed by atoms with Gasteiger partial charge in [0.1, 0.15) is 17.0 Å². The zero-order valence-electron chi connectivity index (χ0n) is 24.7. The third-order valence-electron chi connectivity index (χ3n) is 9.28. The van der Waals surface area contributed by atoms with Crippen LogP contribution in [0.5, 0.6) is 0 Å². The third-order valence-corrected chi connectivity index (χ3v) is 9.81. The maximum absolute atomic E-state index is 15.9. The number of nitrogens with one attached hydrogen (secondary N) is 2. The van der Waals surface area contributed by atoms with E-state index in [0.717, 1.165) is 12.5 Å². The maximum Gasteiger partial charge on any atom is 0.237 e. The second kappa shape index (κ2) is 13.0. The summed E-state index contributed by atoms with van der Waals surface area (Å²) in [7, 11) is 0. The van der Waals surface area contributed by atoms with Crippen LogP contribution in [-0.4, -0.2) is 54.7 Å². The quantitative estimate of drug-likeness (QED) is 0.292. The first-order valence-electron chi connectivity index (χ1n) is 14.9. The van der Waals surface area contributed by atoms with Crippen LogP contribution in [0.25, 0.3) is 0 Å². The number of carbonyl (C=O) groups excluding carboxylic acids is 1. The minimum absolute atomic E-state index is 0.0133. The standard InChI is InChI=1S/C33H37Cl2F2N3O4/c1-31(2)43-17-21(44-31)11-14-39-30(42)29-27(22-7-6-8-24(35)28(22)37)33(18-38,23-10-9-20(34)15-25(23)36)26(40-29)16-32(19-41)12-4-3-5-13-32/h3-4,6-10,15,21,26-27,29,40-41H,5,11-14,16-17,19H2,1-2H3,(H,39,42)/t21-,26?,27?,29?,32?,33?/m0/s1. The number of allylic oxidation sites excluding steroid dienone is 2. The lowest BCUT2D eigenvalue weighted by atomic mass is 9.61. The number of hydrogen-bond donors (Lipinski definition) is 3. The number of ether oxygens (including phenoxy) is 2. The van der Waals surface area contributed by atoms with Gasteiger partial charge in [-0.1, -0.05) is 53.6 Å². The van der Waals surface area contributed by atoms with Crippen LogP contribution in [0.4, 0.5) is 8.78 Å². The van der Waals surface area contributed by atoms with Crippen molar-refractivity contribution in [1.82, 2.24) is 10.6 Å². The number of nitrogens with zero attached hydrogens (tertiary/aromatic N) is 1. The molecule has 2 aliphatic heterocycles. The molecule has 2 fully saturated rings. The average Bonchev–Trinajstić information content (AvgIpc) is 3.51. The molecule has 0 bridgehead atoms. The summed E-state index contributed by atoms with van der Waals surface area (Å²) < 4.78 is 43.3. The van der Waals surface area contributed by atoms with Crippen LogP contribution < -0.4 is 10.6 Å². The van der Waals surface area contributed by atoms with Crippen LogP contribution >= 0.6 is 23.2 Å². The minimum atomic E-state index is -1.78. The summed E-state index contributed by atoms with van der Waals surface area (Å²) in [6, 6.07) is 8.78. The van der Waals surface area contributed by atoms with Crippen LogP contribution in [0.2, 0.25) is 10.0 Å². The molecular weight excluding hydrogens is 611 g/mol. The summed E-state index contributed by atoms with van der Waals surface area (Å²) in [5.41, 5.74) is -2.41. The van der Waals surface area contributed by atoms with Gasteiger partial charge in [-0.3, -0.25) is 4.79 Å². The summed E-state index contributed by atoms with van der Waals surface area (Å²) in [5.74, 6) is -3.92. The lowest BCUT2D eigenvalue weighted by Gasteiger charge is -2.41. The number of aliphatic hydroxyl groups excluding tert-OH is 1. The predicted molar refractivity (Wildman–Crippen MR) is 163 cm³/mol. The fourth-order valence-corrected chi connectivity index (χ4v) is 7.43. The van der Waals surface area contributed by atoms with Crippen LogP contribution in [0.3, 0.4) is 0 Å². The van der Waals surface area contributed by atoms with Gasteiger partial charge in [0.15, 0.2) is 5.79 Å². The number of hydrogen-bond acceptors (Lipinski definition) is 6. The molecule has 2 heterocycles. The Labute approximate surface area is 266 Å². The SMILES string of the molecule is CC1(C)OC[C@H](CCNC(=O)C2NC(CC3(CO)CC=CCC3)C(C#N)(c3ccc(Cl)cc3F)C2c2cccc(Cl)c2F)O1. The molecule has 2 aromatic carbocycles. The maximum atomic E-state index is 15.9. The van der Waals surface area contributed by atoms with E-state index in [1.54, 1.807) is 6.07 Å². The van der Waals surface area contributed by atoms with Gasteiger partial charge in [0.05, 0.1) is 29.8 Å². The fourth-order valence-electron chi connectivity index (χ4n) is 7.09. The van der Waals surface area contributed by atoms with Crippen molar-refractivity contribution in [2.24, 2.45) is 5.41 Å². The Hall–Kier alpha value is -2.58. The Balaban J connectivity index is 1.59. The van der Waals surface area contributed by atoms with E-state index in [4.69, 9.17) is 32.7 Å². The lowest BCUT2D eigenvalue weighted by molar-refractivity contribution is -0.138. The molecule has 2 aromatic rings. The largest absolute Gasteiger partial charge is 0.396 e. The molecule has 3 N–H and O–H groups in total. The van der Waals surface area contributed by atoms with Crippen molar-refractivity contribution in [3.8, 4) is 6.07 Å². The van der Waals surface area contributed by atoms with Gasteiger partial charge in [-0.25, -0.2) is 8.78 Å². The monoisotopic (exact) mass is 647 g/mol. The molecule has 1 aliphatic carbocycles. The van der Waals surface area contributed by atoms with E-state index >= 15 is 8.78 Å². The molecule has 1 amide bonds. The van der Waals surface area contributed by atoms with Gasteiger partial charge in [-0.2, -0.15) is 5.26 Å². The first-order valence-corrected chi connectivity index (χ1v) is 15.6. The van der Waals surface area contributed by atoms with E-state index in [-0.39, 0.29) is 46.8 Å². The first kappa shape index (κ1) is 32.8. The molecule has 5 rings (SSSR count). The van der Waals surface area contributed by atoms with Gasteiger partial charge in [-0.15, -0.1) is 0 Å². The van der Waals surface area contributed by atoms with E-state index in [9.17, 15) is 15.2 Å². The van der Waals surface area contributed by atoms with Gasteiger partial charge in [0, 0.05) is 35.7 Å². The van der Waals surface area contributed by atoms with Gasteiger partial charge in [-0.05, 0) is 75.1 Å². The molecule has 2 saturated heterocycles. The van der Waals surface area contributed by atoms with Crippen LogP contribution in [-0.2, 0) is 19.7 Å². The molecule has 0 radical (unpaired) electrons. The van der Waals surface area contributed by atoms with Crippen LogP contribution in [0.15, 0.2) is 48.6 Å². The van der Waals surface area contributed by atoms with Crippen molar-refractivity contribution < 1.29 is 28.2 Å². The Morgan fingerprint density at radius 2 is 2.02 bits per heavy atom. The normalized spacial score (nSPS) is 31.1. The molecule has 11 heteroatoms. The number of nitriles is 1. The number of amides is 1. The fraction of sp³-hybridized carbons (Fsp3) is 0.515. The number of rotatable bonds is 9. The minimum Gasteiger partial charge on any atom is -0.396 e. The number of halogens is 4. The molecule has 5 unspecified atom stereocenters. The molecule has 44 heavy (non-hydrogen) atoms. The zero-order valence-corrected chi connectivity index (χ0v) is 26.2. The smallest absolute Gasteiger partial charge is 0.237 e. The van der Waals surface area contributed by atoms with E-state index in [2.05, 4.69) is 16.7 Å². The van der Waals surface area contributed by atoms with E-state index in [0.29, 0.717) is 25.9 Å². The number of carbonyl (C=O) groups is 1. The highest BCUT2D eigenvalue weighted by Crippen LogP contribution is 2.54. The van der Waals surface area contributed by atoms with Crippen molar-refractivity contribution in [2.75, 3.05) is 19.8 Å². The summed E-state index contributed by atoms with van der Waals surface area (Å²) in [6.45, 7) is 4.08. The second-order valence-electron chi connectivity index (χ2n) is 12.5. The molecular formula is C33H37Cl2F2N3O4. The van der Waals surface area contributed by atoms with E-state index < -0.39 is 52.2 Å². The van der Waals surface area contributed by atoms with Crippen molar-refractivity contribution in [2.45, 2.75) is 81.3 Å². The highest BCUT2D eigenvalue weighted by Gasteiger charge is 2.61. The van der Waals surface area contributed by atoms with Gasteiger partial charge >= 0.3 is 0 Å². The molecule has 3 aliphatic rings. The molecule has 0 aromatic heterocycles. The summed E-state index contributed by atoms with van der Waals surface area (Å²) in [6.07, 6.45) is 6.40. The number of benzene rings is 2. The first-order chi connectivity index (χ1) is 20.9. The lowest BCUT2D eigenvalue weighted by Crippen LogP contribution is -2.47. The second-order valence-corrected chi connectivity index (χ2v) is 13.4. The third kappa shape index (κ3) is 6.26. The zero-order chi connectivity index (χ0) is 31.7. The molecule has 6 atom stereocenters. The van der Waals surface area contributed by atoms with Crippen molar-refractivity contribution in [3.05, 3.63) is 81.4 Å². The Morgan fingerprint density at radius 3 is 2.66 bits per heavy atom. The van der Waals surface area contributed by atoms with Gasteiger partial charge in [0.2, 0.25) is 5.91 Å². The van der Waals surface area contributed by atoms with E-state index in [1.165, 1.54) is 24.3 Å². The predicted octanol–water partition coefficient (Wildman–Crippen LogP) is 5.92. The van der Waals surface area contributed by atoms with Crippen molar-refractivity contribution in [1.29, 1.82) is 5.26 Å². The summed E-state index contributed by atoms with van der Waals surface area (Å²) >= 11 is 12.3. The Kier molecular flexibility index (Phi) is 9.72. The molecule has 0 saturated carbocycles. The average molecular weight is 649 g/mol. The van der Waals surface area contributed by atoms with E-state index in [1.807, 2.05) is 26.0 Å². The van der Waals surface area contributed by atoms with Gasteiger partial charge in [0.25, 0.3) is 0 Å². The van der Waals surface area contributed by atoms with Crippen molar-refractivity contribution >= 4 is 29.1 Å². The Bertz CT molecular complexity index is 1470. The molecule has 236 valence electrons. The van der Waals surface area contributed by atoms with Crippen LogP contribution in [0.1, 0.15) is 63.0 Å². The topological polar surface area (TPSA) is 104 Å². The highest BCUT2D eigenvalue weighted by atomic mass is 35.5. The summed E-state index contributed by atoms with van der Waals surface area (Å²) in [5, 5.41) is 27.9. The van der Waals surface area contributed by atoms with Gasteiger partial charge < -0.3 is 25.2 Å². The molecule has 0 spiro atoms. The Morgan fingerprint density at radius 1 is 1.23 bits per heavy atom. The molecule has 7 nitrogen and oxygen atoms in total. The summed E-state index contributed by atoms with van der Waals surface area (Å²) in [4.78, 5) is 14.0. The van der Waals surface area contributed by atoms with Crippen molar-refractivity contribution in [3.63, 3.8) is 0 Å². The van der Waals surface area contributed by atoms with Crippen LogP contribution in [0, 0.1) is 28.4 Å².